The SMILES string of the molecule is O=C(C[C@](O)(c1nc2ccccc2s1)C(F)(F)F)Nc1ccc(Cl)cc1. The number of nitrogens with zero attached hydrogens (tertiary/aromatic N) is 1. The summed E-state index contributed by atoms with van der Waals surface area (Å²) in [5, 5.41) is 12.5. The Hall–Kier alpha value is -2.16. The zero-order chi connectivity index (χ0) is 18.9. The average Bonchev–Trinajstić information content (AvgIpc) is 3.00. The number of nitrogens with one attached hydrogen (secondary N) is 1. The highest BCUT2D eigenvalue weighted by atomic mass is 35.5. The molecule has 2 N–H and O–H groups in total. The van der Waals surface area contributed by atoms with Crippen LogP contribution >= 0.6 is 22.9 Å². The van der Waals surface area contributed by atoms with Gasteiger partial charge in [-0.1, -0.05) is 23.7 Å². The molecule has 0 aliphatic heterocycles. The molecule has 0 aliphatic carbocycles. The fourth-order valence-electron chi connectivity index (χ4n) is 2.32. The number of fused-ring (bicyclic) bond motifs is 1. The zero-order valence-corrected chi connectivity index (χ0v) is 14.6. The Kier molecular flexibility index (Phi) is 4.92. The van der Waals surface area contributed by atoms with Crippen molar-refractivity contribution in [1.29, 1.82) is 0 Å². The van der Waals surface area contributed by atoms with Crippen molar-refractivity contribution in [2.24, 2.45) is 0 Å². The van der Waals surface area contributed by atoms with Crippen LogP contribution in [0.2, 0.25) is 5.02 Å². The van der Waals surface area contributed by atoms with E-state index in [2.05, 4.69) is 10.3 Å². The van der Waals surface area contributed by atoms with Crippen LogP contribution in [0.4, 0.5) is 18.9 Å². The molecule has 0 saturated carbocycles. The Labute approximate surface area is 155 Å². The number of halogens is 4. The molecular weight excluding hydrogens is 389 g/mol. The highest BCUT2D eigenvalue weighted by Gasteiger charge is 2.58. The Morgan fingerprint density at radius 2 is 1.81 bits per heavy atom. The van der Waals surface area contributed by atoms with Crippen LogP contribution in [0.5, 0.6) is 0 Å². The van der Waals surface area contributed by atoms with Crippen molar-refractivity contribution in [1.82, 2.24) is 4.98 Å². The van der Waals surface area contributed by atoms with Gasteiger partial charge in [-0.3, -0.25) is 4.79 Å². The third-order valence-corrected chi connectivity index (χ3v) is 5.10. The first-order chi connectivity index (χ1) is 12.2. The summed E-state index contributed by atoms with van der Waals surface area (Å²) in [4.78, 5) is 16.0. The Balaban J connectivity index is 1.90. The van der Waals surface area contributed by atoms with E-state index in [1.54, 1.807) is 24.3 Å². The molecule has 26 heavy (non-hydrogen) atoms. The second kappa shape index (κ2) is 6.86. The molecule has 4 nitrogen and oxygen atoms in total. The number of benzene rings is 2. The van der Waals surface area contributed by atoms with Gasteiger partial charge < -0.3 is 10.4 Å². The second-order valence-corrected chi connectivity index (χ2v) is 7.04. The van der Waals surface area contributed by atoms with Crippen molar-refractivity contribution in [3.8, 4) is 0 Å². The molecule has 2 aromatic carbocycles. The fourth-order valence-corrected chi connectivity index (χ4v) is 3.52. The number of para-hydroxylation sites is 1. The molecule has 0 saturated heterocycles. The number of rotatable bonds is 4. The number of carbonyl (C=O) groups excluding carboxylic acids is 1. The van der Waals surface area contributed by atoms with Gasteiger partial charge in [0.25, 0.3) is 0 Å². The lowest BCUT2D eigenvalue weighted by Crippen LogP contribution is -2.45. The number of alkyl halides is 3. The molecule has 0 spiro atoms. The summed E-state index contributed by atoms with van der Waals surface area (Å²) < 4.78 is 41.3. The molecule has 0 aliphatic rings. The maximum Gasteiger partial charge on any atom is 0.424 e. The van der Waals surface area contributed by atoms with Crippen LogP contribution in [-0.4, -0.2) is 22.2 Å². The van der Waals surface area contributed by atoms with Gasteiger partial charge in [-0.25, -0.2) is 4.98 Å². The van der Waals surface area contributed by atoms with Gasteiger partial charge >= 0.3 is 6.18 Å². The molecule has 1 atom stereocenters. The van der Waals surface area contributed by atoms with E-state index in [4.69, 9.17) is 11.6 Å². The zero-order valence-electron chi connectivity index (χ0n) is 13.0. The van der Waals surface area contributed by atoms with Crippen LogP contribution in [0.3, 0.4) is 0 Å². The molecule has 0 radical (unpaired) electrons. The van der Waals surface area contributed by atoms with E-state index in [9.17, 15) is 23.1 Å². The lowest BCUT2D eigenvalue weighted by molar-refractivity contribution is -0.266. The first-order valence-corrected chi connectivity index (χ1v) is 8.59. The fraction of sp³-hybridized carbons (Fsp3) is 0.176. The summed E-state index contributed by atoms with van der Waals surface area (Å²) in [5.41, 5.74) is -2.78. The van der Waals surface area contributed by atoms with E-state index < -0.39 is 29.1 Å². The number of anilines is 1. The van der Waals surface area contributed by atoms with Crippen LogP contribution in [-0.2, 0) is 10.4 Å². The number of hydrogen-bond acceptors (Lipinski definition) is 4. The highest BCUT2D eigenvalue weighted by Crippen LogP contribution is 2.44. The third-order valence-electron chi connectivity index (χ3n) is 3.66. The summed E-state index contributed by atoms with van der Waals surface area (Å²) >= 11 is 6.43. The minimum Gasteiger partial charge on any atom is -0.374 e. The molecule has 136 valence electrons. The lowest BCUT2D eigenvalue weighted by Gasteiger charge is -2.27. The molecule has 0 fully saturated rings. The second-order valence-electron chi connectivity index (χ2n) is 5.58. The minimum absolute atomic E-state index is 0.272. The molecule has 3 aromatic rings. The van der Waals surface area contributed by atoms with Gasteiger partial charge in [-0.2, -0.15) is 13.2 Å². The number of hydrogen-bond donors (Lipinski definition) is 2. The van der Waals surface area contributed by atoms with E-state index in [0.29, 0.717) is 26.6 Å². The van der Waals surface area contributed by atoms with Crippen molar-refractivity contribution in [3.63, 3.8) is 0 Å². The monoisotopic (exact) mass is 400 g/mol. The summed E-state index contributed by atoms with van der Waals surface area (Å²) in [6.45, 7) is 0. The topological polar surface area (TPSA) is 62.2 Å². The quantitative estimate of drug-likeness (QED) is 0.665. The van der Waals surface area contributed by atoms with Gasteiger partial charge in [-0.15, -0.1) is 11.3 Å². The summed E-state index contributed by atoms with van der Waals surface area (Å²) in [6, 6.07) is 12.3. The van der Waals surface area contributed by atoms with Crippen LogP contribution in [0.25, 0.3) is 10.2 Å². The van der Waals surface area contributed by atoms with Crippen molar-refractivity contribution in [2.45, 2.75) is 18.2 Å². The van der Waals surface area contributed by atoms with Crippen LogP contribution < -0.4 is 5.32 Å². The van der Waals surface area contributed by atoms with E-state index in [-0.39, 0.29) is 5.69 Å². The minimum atomic E-state index is -5.07. The standard InChI is InChI=1S/C17H12ClF3N2O2S/c18-10-5-7-11(8-6-10)22-14(24)9-16(25,17(19,20)21)15-23-12-3-1-2-4-13(12)26-15/h1-8,25H,9H2,(H,22,24)/t16-/m0/s1. The first kappa shape index (κ1) is 18.6. The number of amides is 1. The van der Waals surface area contributed by atoms with Gasteiger partial charge in [0.15, 0.2) is 0 Å². The number of carbonyl (C=O) groups is 1. The van der Waals surface area contributed by atoms with Gasteiger partial charge in [-0.05, 0) is 36.4 Å². The van der Waals surface area contributed by atoms with E-state index >= 15 is 0 Å². The lowest BCUT2D eigenvalue weighted by atomic mass is 9.99. The van der Waals surface area contributed by atoms with Gasteiger partial charge in [0, 0.05) is 10.7 Å². The van der Waals surface area contributed by atoms with Crippen LogP contribution in [0.1, 0.15) is 11.4 Å². The Bertz CT molecular complexity index is 910. The van der Waals surface area contributed by atoms with Gasteiger partial charge in [0.2, 0.25) is 11.5 Å². The first-order valence-electron chi connectivity index (χ1n) is 7.39. The number of aliphatic hydroxyl groups is 1. The molecule has 1 heterocycles. The van der Waals surface area contributed by atoms with Crippen LogP contribution in [0.15, 0.2) is 48.5 Å². The largest absolute Gasteiger partial charge is 0.424 e. The highest BCUT2D eigenvalue weighted by molar-refractivity contribution is 7.18. The van der Waals surface area contributed by atoms with E-state index in [0.717, 1.165) is 0 Å². The molecule has 9 heteroatoms. The number of thiazole rings is 1. The van der Waals surface area contributed by atoms with Crippen molar-refractivity contribution < 1.29 is 23.1 Å². The third kappa shape index (κ3) is 3.67. The normalized spacial score (nSPS) is 14.2. The maximum absolute atomic E-state index is 13.6. The van der Waals surface area contributed by atoms with Gasteiger partial charge in [0.05, 0.1) is 16.6 Å². The van der Waals surface area contributed by atoms with Crippen molar-refractivity contribution in [3.05, 3.63) is 58.6 Å². The smallest absolute Gasteiger partial charge is 0.374 e. The predicted molar refractivity (Wildman–Crippen MR) is 94.3 cm³/mol. The van der Waals surface area contributed by atoms with Crippen molar-refractivity contribution >= 4 is 44.7 Å². The summed E-state index contributed by atoms with van der Waals surface area (Å²) in [5.74, 6) is -0.994. The van der Waals surface area contributed by atoms with Crippen molar-refractivity contribution in [2.75, 3.05) is 5.32 Å². The van der Waals surface area contributed by atoms with Gasteiger partial charge in [0.1, 0.15) is 5.01 Å². The van der Waals surface area contributed by atoms with E-state index in [1.165, 1.54) is 24.3 Å². The summed E-state index contributed by atoms with van der Waals surface area (Å²) in [6.07, 6.45) is -6.28. The molecular formula is C17H12ClF3N2O2S. The number of aromatic nitrogens is 1. The molecule has 0 unspecified atom stereocenters. The molecule has 3 rings (SSSR count). The summed E-state index contributed by atoms with van der Waals surface area (Å²) in [7, 11) is 0. The molecule has 1 amide bonds. The average molecular weight is 401 g/mol. The Morgan fingerprint density at radius 1 is 1.15 bits per heavy atom. The molecule has 0 bridgehead atoms. The maximum atomic E-state index is 13.6. The van der Waals surface area contributed by atoms with E-state index in [1.807, 2.05) is 0 Å². The Morgan fingerprint density at radius 3 is 2.42 bits per heavy atom. The van der Waals surface area contributed by atoms with Crippen LogP contribution in [0, 0.1) is 0 Å². The predicted octanol–water partition coefficient (Wildman–Crippen LogP) is 4.73. The molecule has 1 aromatic heterocycles.